The van der Waals surface area contributed by atoms with Crippen molar-refractivity contribution in [3.63, 3.8) is 0 Å². The molecule has 0 spiro atoms. The number of rotatable bonds is 3. The molecule has 17 nitrogen and oxygen atoms in total. The van der Waals surface area contributed by atoms with Gasteiger partial charge in [-0.1, -0.05) is 0 Å². The molecular formula is C45H42N16O. The molecule has 0 aliphatic carbocycles. The van der Waals surface area contributed by atoms with E-state index in [0.717, 1.165) is 83.5 Å². The van der Waals surface area contributed by atoms with E-state index in [1.165, 1.54) is 12.1 Å². The molecule has 4 N–H and O–H groups in total. The lowest BCUT2D eigenvalue weighted by molar-refractivity contribution is 0.254. The highest BCUT2D eigenvalue weighted by atomic mass is 16.2. The number of aryl methyl sites for hydroxylation is 2. The molecule has 12 heterocycles. The highest BCUT2D eigenvalue weighted by Crippen LogP contribution is 2.41. The molecular weight excluding hydrogens is 781 g/mol. The van der Waals surface area contributed by atoms with Gasteiger partial charge in [0.1, 0.15) is 11.0 Å². The second-order valence-corrected chi connectivity index (χ2v) is 15.4. The van der Waals surface area contributed by atoms with E-state index in [4.69, 9.17) is 15.7 Å². The number of anilines is 6. The number of nitrogens with one attached hydrogen (secondary N) is 2. The molecule has 8 aromatic rings. The number of carbonyl (C=O) groups excluding carboxylic acids is 1. The van der Waals surface area contributed by atoms with E-state index in [-0.39, 0.29) is 12.1 Å². The van der Waals surface area contributed by atoms with Crippen LogP contribution >= 0.6 is 0 Å². The van der Waals surface area contributed by atoms with Gasteiger partial charge in [-0.2, -0.15) is 0 Å². The molecule has 62 heavy (non-hydrogen) atoms. The van der Waals surface area contributed by atoms with Crippen molar-refractivity contribution < 1.29 is 4.79 Å². The topological polar surface area (TPSA) is 206 Å². The van der Waals surface area contributed by atoms with Crippen LogP contribution in [-0.2, 0) is 0 Å². The third-order valence-electron chi connectivity index (χ3n) is 11.3. The summed E-state index contributed by atoms with van der Waals surface area (Å²) in [4.78, 5) is 63.2. The van der Waals surface area contributed by atoms with Gasteiger partial charge in [-0.25, -0.2) is 34.7 Å². The van der Waals surface area contributed by atoms with E-state index in [9.17, 15) is 4.79 Å². The summed E-state index contributed by atoms with van der Waals surface area (Å²) in [6.07, 6.45) is 15.4. The highest BCUT2D eigenvalue weighted by Gasteiger charge is 2.40. The fraction of sp³-hybridized carbons (Fsp3) is 0.222. The molecule has 0 aromatic carbocycles. The van der Waals surface area contributed by atoms with Crippen molar-refractivity contribution in [2.75, 3.05) is 57.2 Å². The quantitative estimate of drug-likeness (QED) is 0.174. The van der Waals surface area contributed by atoms with Crippen molar-refractivity contribution in [2.45, 2.75) is 38.8 Å². The molecule has 4 aliphatic heterocycles. The fourth-order valence-electron chi connectivity index (χ4n) is 8.37. The summed E-state index contributed by atoms with van der Waals surface area (Å²) < 4.78 is 0. The number of fused-ring (bicyclic) bond motifs is 10. The zero-order chi connectivity index (χ0) is 42.2. The minimum absolute atomic E-state index is 0.0467. The molecule has 0 unspecified atom stereocenters. The van der Waals surface area contributed by atoms with Crippen LogP contribution in [0.15, 0.2) is 110 Å². The van der Waals surface area contributed by atoms with Gasteiger partial charge in [0.05, 0.1) is 39.8 Å². The predicted molar refractivity (Wildman–Crippen MR) is 240 cm³/mol. The van der Waals surface area contributed by atoms with Crippen LogP contribution in [0.25, 0.3) is 44.6 Å². The largest absolute Gasteiger partial charge is 0.382 e. The monoisotopic (exact) mass is 822 g/mol. The van der Waals surface area contributed by atoms with Gasteiger partial charge >= 0.3 is 6.03 Å². The molecule has 12 rings (SSSR count). The summed E-state index contributed by atoms with van der Waals surface area (Å²) in [5.74, 6) is 2.51. The van der Waals surface area contributed by atoms with Crippen LogP contribution in [0.5, 0.6) is 0 Å². The van der Waals surface area contributed by atoms with Crippen LogP contribution in [0.2, 0.25) is 0 Å². The van der Waals surface area contributed by atoms with Gasteiger partial charge in [0, 0.05) is 104 Å². The van der Waals surface area contributed by atoms with Crippen molar-refractivity contribution in [1.29, 1.82) is 0 Å². The Morgan fingerprint density at radius 2 is 1.26 bits per heavy atom. The maximum absolute atomic E-state index is 13.5. The number of nitrogen functional groups attached to an aromatic ring is 1. The minimum Gasteiger partial charge on any atom is -0.382 e. The van der Waals surface area contributed by atoms with E-state index >= 15 is 0 Å². The number of aromatic nitrogens is 10. The summed E-state index contributed by atoms with van der Waals surface area (Å²) >= 11 is 0. The number of carbonyl (C=O) groups is 1. The van der Waals surface area contributed by atoms with Crippen molar-refractivity contribution in [2.24, 2.45) is 0 Å². The highest BCUT2D eigenvalue weighted by molar-refractivity contribution is 6.07. The summed E-state index contributed by atoms with van der Waals surface area (Å²) in [6, 6.07) is 20.3. The molecule has 0 radical (unpaired) electrons. The molecule has 0 saturated carbocycles. The Balaban J connectivity index is 0.000000128. The number of nitrogens with zero attached hydrogens (tertiary/aromatic N) is 13. The summed E-state index contributed by atoms with van der Waals surface area (Å²) in [5.41, 5.74) is 16.3. The lowest BCUT2D eigenvalue weighted by Gasteiger charge is -2.35. The maximum Gasteiger partial charge on any atom is 0.329 e. The molecule has 308 valence electrons. The van der Waals surface area contributed by atoms with Crippen LogP contribution in [-0.4, -0.2) is 94.1 Å². The smallest absolute Gasteiger partial charge is 0.329 e. The third kappa shape index (κ3) is 7.55. The van der Waals surface area contributed by atoms with Crippen molar-refractivity contribution >= 4 is 62.7 Å². The fourth-order valence-corrected chi connectivity index (χ4v) is 8.37. The third-order valence-corrected chi connectivity index (χ3v) is 11.3. The Labute approximate surface area is 356 Å². The molecule has 2 amide bonds. The van der Waals surface area contributed by atoms with Crippen LogP contribution in [0.4, 0.5) is 39.4 Å². The number of nitrogens with two attached hydrogens (primary N) is 1. The van der Waals surface area contributed by atoms with Crippen molar-refractivity contribution in [1.82, 2.24) is 49.8 Å². The van der Waals surface area contributed by atoms with E-state index < -0.39 is 0 Å². The summed E-state index contributed by atoms with van der Waals surface area (Å²) in [6.45, 7) is 7.90. The molecule has 8 aromatic heterocycles. The van der Waals surface area contributed by atoms with Crippen molar-refractivity contribution in [3.05, 3.63) is 122 Å². The standard InChI is InChI=1S/C23H20N8O.C15H16N4.C7H6N4/c1-14-12-15(4-7-24-14)17-2-3-19-22(28-17)31(16-6-11-30(19)13-16)23(32)29-21-20-18(5-8-27-21)25-9-10-26-20;1-10-8-11(4-6-16-10)13-2-3-14-15(18-13)17-12-5-7-19(14)9-12;8-7-6-5(1-2-11-7)9-3-4-10-6/h2-5,7-10,12,16H,6,11,13H2,1H3,(H,27,29,32);2-4,6,8,12H,5,7,9H2,1H3,(H,17,18);1-4H,(H2,8,11)/t16-;12-;/m00./s1. The van der Waals surface area contributed by atoms with Gasteiger partial charge in [-0.3, -0.25) is 30.2 Å². The molecule has 2 saturated heterocycles. The first kappa shape index (κ1) is 38.3. The Bertz CT molecular complexity index is 2950. The predicted octanol–water partition coefficient (Wildman–Crippen LogP) is 6.48. The number of amides is 2. The van der Waals surface area contributed by atoms with Crippen LogP contribution in [0, 0.1) is 13.8 Å². The average molecular weight is 823 g/mol. The number of hydrogen-bond donors (Lipinski definition) is 3. The zero-order valence-electron chi connectivity index (χ0n) is 34.1. The van der Waals surface area contributed by atoms with Gasteiger partial charge in [-0.05, 0) is 87.4 Å². The second-order valence-electron chi connectivity index (χ2n) is 15.4. The minimum atomic E-state index is -0.265. The van der Waals surface area contributed by atoms with E-state index in [0.29, 0.717) is 40.0 Å². The molecule has 17 heteroatoms. The number of hydrogen-bond acceptors (Lipinski definition) is 15. The van der Waals surface area contributed by atoms with E-state index in [1.54, 1.807) is 60.4 Å². The Kier molecular flexibility index (Phi) is 10.0. The lowest BCUT2D eigenvalue weighted by Crippen LogP contribution is -2.48. The second kappa shape index (κ2) is 16.2. The first-order valence-corrected chi connectivity index (χ1v) is 20.5. The number of pyridine rings is 6. The van der Waals surface area contributed by atoms with Crippen LogP contribution in [0.1, 0.15) is 24.2 Å². The molecule has 4 bridgehead atoms. The Hall–Kier alpha value is -7.95. The van der Waals surface area contributed by atoms with Gasteiger partial charge in [0.25, 0.3) is 0 Å². The van der Waals surface area contributed by atoms with Gasteiger partial charge in [0.2, 0.25) is 0 Å². The molecule has 2 fully saturated rings. The number of urea groups is 1. The maximum atomic E-state index is 13.5. The lowest BCUT2D eigenvalue weighted by atomic mass is 10.1. The van der Waals surface area contributed by atoms with Gasteiger partial charge < -0.3 is 20.9 Å². The SMILES string of the molecule is Cc1cc(-c2ccc3c(n2)N(C(=O)Nc2nccc4nccnc24)[C@H]2CCN3C2)ccn1.Cc1cc(-c2ccc3c(n2)N[C@H]2CCN3C2)ccn1.Nc1nccc2nccnc12. The van der Waals surface area contributed by atoms with Gasteiger partial charge in [-0.15, -0.1) is 0 Å². The molecule has 2 atom stereocenters. The molecule has 4 aliphatic rings. The van der Waals surface area contributed by atoms with Crippen LogP contribution < -0.4 is 31.1 Å². The van der Waals surface area contributed by atoms with E-state index in [1.807, 2.05) is 44.3 Å². The Morgan fingerprint density at radius 3 is 1.98 bits per heavy atom. The average Bonchev–Trinajstić information content (AvgIpc) is 3.90. The first-order valence-electron chi connectivity index (χ1n) is 20.5. The van der Waals surface area contributed by atoms with Crippen LogP contribution in [0.3, 0.4) is 0 Å². The van der Waals surface area contributed by atoms with E-state index in [2.05, 4.69) is 84.6 Å². The normalized spacial score (nSPS) is 16.6. The Morgan fingerprint density at radius 1 is 0.645 bits per heavy atom. The van der Waals surface area contributed by atoms with Gasteiger partial charge in [0.15, 0.2) is 23.3 Å². The first-order chi connectivity index (χ1) is 30.3. The summed E-state index contributed by atoms with van der Waals surface area (Å²) in [5, 5.41) is 6.50. The zero-order valence-corrected chi connectivity index (χ0v) is 34.1. The summed E-state index contributed by atoms with van der Waals surface area (Å²) in [7, 11) is 0. The van der Waals surface area contributed by atoms with Crippen molar-refractivity contribution in [3.8, 4) is 22.5 Å².